The summed E-state index contributed by atoms with van der Waals surface area (Å²) in [6.45, 7) is 0. The van der Waals surface area contributed by atoms with E-state index in [1.54, 1.807) is 30.6 Å². The summed E-state index contributed by atoms with van der Waals surface area (Å²) < 4.78 is 15.6. The number of hydrogen-bond acceptors (Lipinski definition) is 5. The SMILES string of the molecule is O=c1c(-c2cccnc2F)cc(-c2ccccn2)cn1-c1cncnc1. The van der Waals surface area contributed by atoms with Gasteiger partial charge in [0.25, 0.3) is 5.56 Å². The fraction of sp³-hybridized carbons (Fsp3) is 0. The van der Waals surface area contributed by atoms with Gasteiger partial charge >= 0.3 is 0 Å². The monoisotopic (exact) mass is 345 g/mol. The molecular weight excluding hydrogens is 333 g/mol. The zero-order valence-corrected chi connectivity index (χ0v) is 13.5. The van der Waals surface area contributed by atoms with E-state index in [1.807, 2.05) is 12.1 Å². The maximum Gasteiger partial charge on any atom is 0.263 e. The number of hydrogen-bond donors (Lipinski definition) is 0. The van der Waals surface area contributed by atoms with Crippen molar-refractivity contribution in [3.05, 3.63) is 90.0 Å². The predicted molar refractivity (Wildman–Crippen MR) is 94.0 cm³/mol. The van der Waals surface area contributed by atoms with Crippen LogP contribution in [0.15, 0.2) is 78.5 Å². The van der Waals surface area contributed by atoms with Crippen LogP contribution in [-0.4, -0.2) is 24.5 Å². The first-order valence-corrected chi connectivity index (χ1v) is 7.78. The molecule has 0 atom stereocenters. The number of rotatable bonds is 3. The van der Waals surface area contributed by atoms with Crippen molar-refractivity contribution in [3.8, 4) is 28.1 Å². The maximum atomic E-state index is 14.2. The summed E-state index contributed by atoms with van der Waals surface area (Å²) in [6, 6.07) is 10.2. The molecule has 0 radical (unpaired) electrons. The topological polar surface area (TPSA) is 73.6 Å². The zero-order chi connectivity index (χ0) is 17.9. The van der Waals surface area contributed by atoms with Crippen molar-refractivity contribution in [1.29, 1.82) is 0 Å². The number of nitrogens with zero attached hydrogens (tertiary/aromatic N) is 5. The van der Waals surface area contributed by atoms with Crippen LogP contribution in [0.2, 0.25) is 0 Å². The third-order valence-electron chi connectivity index (χ3n) is 3.85. The van der Waals surface area contributed by atoms with Gasteiger partial charge in [0.15, 0.2) is 0 Å². The first kappa shape index (κ1) is 15.8. The normalized spacial score (nSPS) is 10.7. The minimum atomic E-state index is -0.710. The van der Waals surface area contributed by atoms with Crippen molar-refractivity contribution in [2.75, 3.05) is 0 Å². The second kappa shape index (κ2) is 6.64. The molecule has 0 fully saturated rings. The molecule has 7 heteroatoms. The molecule has 0 saturated heterocycles. The van der Waals surface area contributed by atoms with E-state index in [1.165, 1.54) is 35.6 Å². The Balaban J connectivity index is 2.03. The average molecular weight is 345 g/mol. The van der Waals surface area contributed by atoms with E-state index in [0.717, 1.165) is 0 Å². The Bertz CT molecular complexity index is 1110. The van der Waals surface area contributed by atoms with E-state index in [-0.39, 0.29) is 11.1 Å². The second-order valence-electron chi connectivity index (χ2n) is 5.47. The fourth-order valence-electron chi connectivity index (χ4n) is 2.64. The minimum absolute atomic E-state index is 0.126. The van der Waals surface area contributed by atoms with Gasteiger partial charge in [-0.25, -0.2) is 15.0 Å². The van der Waals surface area contributed by atoms with Crippen molar-refractivity contribution in [2.24, 2.45) is 0 Å². The summed E-state index contributed by atoms with van der Waals surface area (Å²) in [7, 11) is 0. The van der Waals surface area contributed by atoms with Gasteiger partial charge in [-0.1, -0.05) is 6.07 Å². The van der Waals surface area contributed by atoms with Gasteiger partial charge in [-0.15, -0.1) is 0 Å². The molecule has 0 unspecified atom stereocenters. The Morgan fingerprint density at radius 2 is 1.73 bits per heavy atom. The van der Waals surface area contributed by atoms with Gasteiger partial charge in [-0.3, -0.25) is 14.3 Å². The molecule has 0 aromatic carbocycles. The number of aromatic nitrogens is 5. The molecule has 0 N–H and O–H groups in total. The van der Waals surface area contributed by atoms with Gasteiger partial charge < -0.3 is 0 Å². The highest BCUT2D eigenvalue weighted by Gasteiger charge is 2.15. The molecule has 0 spiro atoms. The van der Waals surface area contributed by atoms with Crippen molar-refractivity contribution in [1.82, 2.24) is 24.5 Å². The van der Waals surface area contributed by atoms with E-state index >= 15 is 0 Å². The van der Waals surface area contributed by atoms with Gasteiger partial charge in [-0.05, 0) is 30.3 Å². The lowest BCUT2D eigenvalue weighted by Gasteiger charge is -2.11. The lowest BCUT2D eigenvalue weighted by Crippen LogP contribution is -2.21. The van der Waals surface area contributed by atoms with Crippen molar-refractivity contribution >= 4 is 0 Å². The molecule has 4 rings (SSSR count). The molecule has 0 aliphatic carbocycles. The summed E-state index contributed by atoms with van der Waals surface area (Å²) in [5.74, 6) is -0.710. The van der Waals surface area contributed by atoms with Crippen LogP contribution in [0.4, 0.5) is 4.39 Å². The standard InChI is InChI=1S/C19H12FN5O/c20-18-15(4-3-7-24-18)16-8-13(17-5-1-2-6-23-17)11-25(19(16)26)14-9-21-12-22-10-14/h1-12H. The Hall–Kier alpha value is -3.74. The molecule has 0 aliphatic heterocycles. The van der Waals surface area contributed by atoms with Crippen molar-refractivity contribution < 1.29 is 4.39 Å². The molecule has 0 aliphatic rings. The highest BCUT2D eigenvalue weighted by molar-refractivity contribution is 5.70. The fourth-order valence-corrected chi connectivity index (χ4v) is 2.64. The number of halogens is 1. The summed E-state index contributed by atoms with van der Waals surface area (Å²) in [6.07, 6.45) is 9.03. The summed E-state index contributed by atoms with van der Waals surface area (Å²) in [4.78, 5) is 28.9. The third kappa shape index (κ3) is 2.86. The van der Waals surface area contributed by atoms with Crippen LogP contribution in [0.25, 0.3) is 28.1 Å². The molecule has 6 nitrogen and oxygen atoms in total. The average Bonchev–Trinajstić information content (AvgIpc) is 2.70. The zero-order valence-electron chi connectivity index (χ0n) is 13.5. The predicted octanol–water partition coefficient (Wildman–Crippen LogP) is 2.89. The first-order chi connectivity index (χ1) is 12.7. The van der Waals surface area contributed by atoms with Gasteiger partial charge in [0.1, 0.15) is 6.33 Å². The quantitative estimate of drug-likeness (QED) is 0.534. The van der Waals surface area contributed by atoms with E-state index in [0.29, 0.717) is 16.9 Å². The Morgan fingerprint density at radius 1 is 0.923 bits per heavy atom. The van der Waals surface area contributed by atoms with Crippen LogP contribution in [0.5, 0.6) is 0 Å². The minimum Gasteiger partial charge on any atom is -0.280 e. The van der Waals surface area contributed by atoms with Crippen LogP contribution >= 0.6 is 0 Å². The third-order valence-corrected chi connectivity index (χ3v) is 3.85. The molecule has 4 heterocycles. The van der Waals surface area contributed by atoms with E-state index in [2.05, 4.69) is 19.9 Å². The summed E-state index contributed by atoms with van der Waals surface area (Å²) in [5, 5.41) is 0. The van der Waals surface area contributed by atoms with Crippen molar-refractivity contribution in [3.63, 3.8) is 0 Å². The molecular formula is C19H12FN5O. The van der Waals surface area contributed by atoms with E-state index in [9.17, 15) is 9.18 Å². The smallest absolute Gasteiger partial charge is 0.263 e. The molecule has 0 bridgehead atoms. The van der Waals surface area contributed by atoms with Gasteiger partial charge in [0.2, 0.25) is 5.95 Å². The van der Waals surface area contributed by atoms with Crippen LogP contribution in [0.1, 0.15) is 0 Å². The summed E-state index contributed by atoms with van der Waals surface area (Å²) >= 11 is 0. The Labute approximate surface area is 147 Å². The van der Waals surface area contributed by atoms with Gasteiger partial charge in [0.05, 0.1) is 29.3 Å². The molecule has 0 amide bonds. The number of pyridine rings is 3. The van der Waals surface area contributed by atoms with Crippen molar-refractivity contribution in [2.45, 2.75) is 0 Å². The lowest BCUT2D eigenvalue weighted by atomic mass is 10.0. The van der Waals surface area contributed by atoms with Crippen LogP contribution in [0, 0.1) is 5.95 Å². The highest BCUT2D eigenvalue weighted by Crippen LogP contribution is 2.24. The highest BCUT2D eigenvalue weighted by atomic mass is 19.1. The first-order valence-electron chi connectivity index (χ1n) is 7.78. The van der Waals surface area contributed by atoms with Gasteiger partial charge in [-0.2, -0.15) is 4.39 Å². The van der Waals surface area contributed by atoms with Gasteiger partial charge in [0, 0.05) is 29.7 Å². The Kier molecular flexibility index (Phi) is 4.03. The van der Waals surface area contributed by atoms with E-state index in [4.69, 9.17) is 0 Å². The van der Waals surface area contributed by atoms with E-state index < -0.39 is 11.5 Å². The molecule has 0 saturated carbocycles. The van der Waals surface area contributed by atoms with Crippen LogP contribution in [0.3, 0.4) is 0 Å². The maximum absolute atomic E-state index is 14.2. The molecule has 4 aromatic heterocycles. The molecule has 126 valence electrons. The molecule has 4 aromatic rings. The largest absolute Gasteiger partial charge is 0.280 e. The van der Waals surface area contributed by atoms with Crippen LogP contribution < -0.4 is 5.56 Å². The van der Waals surface area contributed by atoms with Crippen LogP contribution in [-0.2, 0) is 0 Å². The molecule has 26 heavy (non-hydrogen) atoms. The second-order valence-corrected chi connectivity index (χ2v) is 5.47. The lowest BCUT2D eigenvalue weighted by molar-refractivity contribution is 0.587. The Morgan fingerprint density at radius 3 is 2.46 bits per heavy atom. The summed E-state index contributed by atoms with van der Waals surface area (Å²) in [5.41, 5.74) is 1.70.